The van der Waals surface area contributed by atoms with Gasteiger partial charge in [0.1, 0.15) is 12.4 Å². The number of benzene rings is 1. The molecule has 1 aromatic carbocycles. The van der Waals surface area contributed by atoms with E-state index < -0.39 is 5.97 Å². The zero-order chi connectivity index (χ0) is 15.2. The average molecular weight is 289 g/mol. The van der Waals surface area contributed by atoms with E-state index in [1.165, 1.54) is 6.08 Å². The molecule has 1 atom stereocenters. The summed E-state index contributed by atoms with van der Waals surface area (Å²) in [7, 11) is 0. The molecule has 5 heteroatoms. The highest BCUT2D eigenvalue weighted by Gasteiger charge is 2.25. The van der Waals surface area contributed by atoms with E-state index in [0.29, 0.717) is 31.2 Å². The molecule has 0 radical (unpaired) electrons. The van der Waals surface area contributed by atoms with Gasteiger partial charge in [0, 0.05) is 19.0 Å². The fourth-order valence-electron chi connectivity index (χ4n) is 2.33. The van der Waals surface area contributed by atoms with E-state index in [9.17, 15) is 9.59 Å². The van der Waals surface area contributed by atoms with Gasteiger partial charge >= 0.3 is 5.97 Å². The van der Waals surface area contributed by atoms with Crippen LogP contribution in [0.1, 0.15) is 18.9 Å². The number of aliphatic carboxylic acids is 1. The molecule has 0 saturated carbocycles. The quantitative estimate of drug-likeness (QED) is 0.814. The van der Waals surface area contributed by atoms with Gasteiger partial charge < -0.3 is 14.7 Å². The predicted molar refractivity (Wildman–Crippen MR) is 79.0 cm³/mol. The van der Waals surface area contributed by atoms with Gasteiger partial charge in [0.2, 0.25) is 5.91 Å². The summed E-state index contributed by atoms with van der Waals surface area (Å²) in [5, 5.41) is 8.60. The molecule has 1 fully saturated rings. The van der Waals surface area contributed by atoms with Gasteiger partial charge in [0.15, 0.2) is 0 Å². The lowest BCUT2D eigenvalue weighted by molar-refractivity contribution is -0.131. The number of rotatable bonds is 6. The Labute approximate surface area is 123 Å². The number of hydrogen-bond acceptors (Lipinski definition) is 3. The molecule has 0 aliphatic carbocycles. The molecule has 1 aliphatic heterocycles. The normalized spacial score (nSPS) is 18.4. The maximum Gasteiger partial charge on any atom is 0.328 e. The van der Waals surface area contributed by atoms with Gasteiger partial charge in [-0.15, -0.1) is 0 Å². The van der Waals surface area contributed by atoms with E-state index in [-0.39, 0.29) is 5.91 Å². The Kier molecular flexibility index (Phi) is 4.98. The highest BCUT2D eigenvalue weighted by molar-refractivity contribution is 5.85. The molecule has 1 aromatic rings. The van der Waals surface area contributed by atoms with E-state index in [1.54, 1.807) is 18.2 Å². The van der Waals surface area contributed by atoms with Crippen molar-refractivity contribution in [1.82, 2.24) is 4.90 Å². The van der Waals surface area contributed by atoms with Gasteiger partial charge in [0.05, 0.1) is 6.54 Å². The van der Waals surface area contributed by atoms with Crippen LogP contribution in [0.25, 0.3) is 6.08 Å². The number of carboxylic acid groups (broad SMARTS) is 1. The Morgan fingerprint density at radius 2 is 2.33 bits per heavy atom. The van der Waals surface area contributed by atoms with E-state index in [1.807, 2.05) is 11.0 Å². The molecular formula is C16H19NO4. The first-order chi connectivity index (χ1) is 10.0. The first-order valence-electron chi connectivity index (χ1n) is 6.96. The second-order valence-electron chi connectivity index (χ2n) is 5.24. The Morgan fingerprint density at radius 3 is 3.00 bits per heavy atom. The van der Waals surface area contributed by atoms with E-state index in [0.717, 1.165) is 18.2 Å². The van der Waals surface area contributed by atoms with Crippen LogP contribution in [0.2, 0.25) is 0 Å². The molecule has 1 N–H and O–H groups in total. The monoisotopic (exact) mass is 289 g/mol. The van der Waals surface area contributed by atoms with Crippen LogP contribution in [0, 0.1) is 5.92 Å². The minimum absolute atomic E-state index is 0.184. The third kappa shape index (κ3) is 4.63. The van der Waals surface area contributed by atoms with Crippen LogP contribution in [0.5, 0.6) is 5.75 Å². The molecule has 1 heterocycles. The number of amides is 1. The van der Waals surface area contributed by atoms with Crippen LogP contribution in [-0.2, 0) is 9.59 Å². The highest BCUT2D eigenvalue weighted by atomic mass is 16.5. The molecule has 0 bridgehead atoms. The highest BCUT2D eigenvalue weighted by Crippen LogP contribution is 2.17. The number of carboxylic acids is 1. The Hall–Kier alpha value is -2.30. The van der Waals surface area contributed by atoms with Crippen LogP contribution in [0.3, 0.4) is 0 Å². The van der Waals surface area contributed by atoms with Crippen molar-refractivity contribution in [2.45, 2.75) is 13.3 Å². The molecule has 1 saturated heterocycles. The Balaban J connectivity index is 1.84. The lowest BCUT2D eigenvalue weighted by atomic mass is 10.2. The average Bonchev–Trinajstić information content (AvgIpc) is 2.75. The van der Waals surface area contributed by atoms with E-state index in [4.69, 9.17) is 9.84 Å². The lowest BCUT2D eigenvalue weighted by Gasteiger charge is -2.16. The summed E-state index contributed by atoms with van der Waals surface area (Å²) >= 11 is 0. The summed E-state index contributed by atoms with van der Waals surface area (Å²) in [4.78, 5) is 23.9. The predicted octanol–water partition coefficient (Wildman–Crippen LogP) is 2.03. The minimum Gasteiger partial charge on any atom is -0.492 e. The molecule has 1 unspecified atom stereocenters. The van der Waals surface area contributed by atoms with Gasteiger partial charge in [-0.2, -0.15) is 0 Å². The number of carbonyl (C=O) groups is 2. The Morgan fingerprint density at radius 1 is 1.52 bits per heavy atom. The number of carbonyl (C=O) groups excluding carboxylic acids is 1. The molecule has 2 rings (SSSR count). The molecule has 1 amide bonds. The van der Waals surface area contributed by atoms with Crippen molar-refractivity contribution < 1.29 is 19.4 Å². The van der Waals surface area contributed by atoms with Crippen LogP contribution in [0.15, 0.2) is 30.3 Å². The third-order valence-electron chi connectivity index (χ3n) is 3.31. The summed E-state index contributed by atoms with van der Waals surface area (Å²) in [5.41, 5.74) is 0.765. The summed E-state index contributed by atoms with van der Waals surface area (Å²) in [6.45, 7) is 3.88. The topological polar surface area (TPSA) is 66.8 Å². The first-order valence-corrected chi connectivity index (χ1v) is 6.96. The fraction of sp³-hybridized carbons (Fsp3) is 0.375. The van der Waals surface area contributed by atoms with Crippen LogP contribution in [-0.4, -0.2) is 41.6 Å². The first kappa shape index (κ1) is 15.1. The maximum atomic E-state index is 11.6. The molecule has 0 aromatic heterocycles. The molecule has 21 heavy (non-hydrogen) atoms. The summed E-state index contributed by atoms with van der Waals surface area (Å²) in [6.07, 6.45) is 3.22. The third-order valence-corrected chi connectivity index (χ3v) is 3.31. The van der Waals surface area contributed by atoms with Crippen molar-refractivity contribution in [2.75, 3.05) is 19.7 Å². The fourth-order valence-corrected chi connectivity index (χ4v) is 2.33. The van der Waals surface area contributed by atoms with Crippen molar-refractivity contribution >= 4 is 18.0 Å². The van der Waals surface area contributed by atoms with Crippen LogP contribution >= 0.6 is 0 Å². The molecule has 1 aliphatic rings. The van der Waals surface area contributed by atoms with Gasteiger partial charge in [-0.25, -0.2) is 4.79 Å². The smallest absolute Gasteiger partial charge is 0.328 e. The van der Waals surface area contributed by atoms with Crippen molar-refractivity contribution in [2.24, 2.45) is 5.92 Å². The zero-order valence-electron chi connectivity index (χ0n) is 12.0. The zero-order valence-corrected chi connectivity index (χ0v) is 12.0. The van der Waals surface area contributed by atoms with E-state index in [2.05, 4.69) is 6.92 Å². The second kappa shape index (κ2) is 6.92. The van der Waals surface area contributed by atoms with E-state index >= 15 is 0 Å². The summed E-state index contributed by atoms with van der Waals surface area (Å²) in [6, 6.07) is 7.19. The SMILES string of the molecule is CC1CC(=O)N(CCOc2cccc(C=CC(=O)O)c2)C1. The number of hydrogen-bond donors (Lipinski definition) is 1. The van der Waals surface area contributed by atoms with Crippen molar-refractivity contribution in [3.8, 4) is 5.75 Å². The van der Waals surface area contributed by atoms with Gasteiger partial charge in [-0.1, -0.05) is 19.1 Å². The number of ether oxygens (including phenoxy) is 1. The second-order valence-corrected chi connectivity index (χ2v) is 5.24. The number of nitrogens with zero attached hydrogens (tertiary/aromatic N) is 1. The standard InChI is InChI=1S/C16H19NO4/c1-12-9-15(18)17(11-12)7-8-21-14-4-2-3-13(10-14)5-6-16(19)20/h2-6,10,12H,7-9,11H2,1H3,(H,19,20). The van der Waals surface area contributed by atoms with Crippen molar-refractivity contribution in [1.29, 1.82) is 0 Å². The maximum absolute atomic E-state index is 11.6. The molecule has 5 nitrogen and oxygen atoms in total. The van der Waals surface area contributed by atoms with Gasteiger partial charge in [-0.3, -0.25) is 4.79 Å². The van der Waals surface area contributed by atoms with Gasteiger partial charge in [-0.05, 0) is 29.7 Å². The summed E-state index contributed by atoms with van der Waals surface area (Å²) in [5.74, 6) is 0.288. The molecule has 0 spiro atoms. The minimum atomic E-state index is -0.983. The van der Waals surface area contributed by atoms with Crippen LogP contribution in [0.4, 0.5) is 0 Å². The summed E-state index contributed by atoms with van der Waals surface area (Å²) < 4.78 is 5.62. The van der Waals surface area contributed by atoms with Crippen LogP contribution < -0.4 is 4.74 Å². The van der Waals surface area contributed by atoms with Gasteiger partial charge in [0.25, 0.3) is 0 Å². The largest absolute Gasteiger partial charge is 0.492 e. The Bertz CT molecular complexity index is 553. The van der Waals surface area contributed by atoms with Crippen molar-refractivity contribution in [3.05, 3.63) is 35.9 Å². The van der Waals surface area contributed by atoms with Crippen molar-refractivity contribution in [3.63, 3.8) is 0 Å². The lowest BCUT2D eigenvalue weighted by Crippen LogP contribution is -2.29. The molecular weight excluding hydrogens is 270 g/mol. The number of likely N-dealkylation sites (tertiary alicyclic amines) is 1. The molecule has 112 valence electrons.